The molecule has 0 aliphatic heterocycles. The maximum absolute atomic E-state index is 12.1. The summed E-state index contributed by atoms with van der Waals surface area (Å²) in [4.78, 5) is 12.1. The van der Waals surface area contributed by atoms with Gasteiger partial charge in [0.2, 0.25) is 5.91 Å². The van der Waals surface area contributed by atoms with Gasteiger partial charge in [0.15, 0.2) is 5.82 Å². The molecule has 2 unspecified atom stereocenters. The summed E-state index contributed by atoms with van der Waals surface area (Å²) in [6.45, 7) is 1.86. The Kier molecular flexibility index (Phi) is 4.47. The topological polar surface area (TPSA) is 85.8 Å². The Morgan fingerprint density at radius 3 is 2.70 bits per heavy atom. The largest absolute Gasteiger partial charge is 0.345 e. The van der Waals surface area contributed by atoms with Gasteiger partial charge in [-0.1, -0.05) is 30.3 Å². The molecule has 2 atom stereocenters. The number of amides is 1. The summed E-state index contributed by atoms with van der Waals surface area (Å²) in [6.07, 6.45) is 2.11. The van der Waals surface area contributed by atoms with Crippen molar-refractivity contribution >= 4 is 5.91 Å². The molecule has 0 spiro atoms. The Balaban J connectivity index is 1.93. The summed E-state index contributed by atoms with van der Waals surface area (Å²) in [6, 6.07) is 8.92. The molecule has 0 radical (unpaired) electrons. The van der Waals surface area contributed by atoms with Gasteiger partial charge in [-0.05, 0) is 18.9 Å². The fourth-order valence-corrected chi connectivity index (χ4v) is 2.03. The average Bonchev–Trinajstić information content (AvgIpc) is 2.86. The highest BCUT2D eigenvalue weighted by atomic mass is 16.2. The Labute approximate surface area is 118 Å². The molecule has 0 bridgehead atoms. The molecule has 2 aromatic rings. The van der Waals surface area contributed by atoms with E-state index in [1.54, 1.807) is 10.9 Å². The third-order valence-corrected chi connectivity index (χ3v) is 3.13. The molecule has 6 nitrogen and oxygen atoms in total. The van der Waals surface area contributed by atoms with Crippen molar-refractivity contribution in [2.75, 3.05) is 0 Å². The summed E-state index contributed by atoms with van der Waals surface area (Å²) in [5.74, 6) is 0.509. The number of carbonyl (C=O) groups is 1. The van der Waals surface area contributed by atoms with Gasteiger partial charge in [0.05, 0.1) is 12.1 Å². The summed E-state index contributed by atoms with van der Waals surface area (Å²) >= 11 is 0. The molecule has 1 amide bonds. The predicted molar refractivity (Wildman–Crippen MR) is 75.7 cm³/mol. The highest BCUT2D eigenvalue weighted by Gasteiger charge is 2.19. The zero-order chi connectivity index (χ0) is 14.5. The molecule has 0 aliphatic carbocycles. The van der Waals surface area contributed by atoms with Gasteiger partial charge in [-0.25, -0.2) is 0 Å². The molecule has 2 rings (SSSR count). The van der Waals surface area contributed by atoms with Gasteiger partial charge in [0.1, 0.15) is 6.33 Å². The highest BCUT2D eigenvalue weighted by Crippen LogP contribution is 2.08. The molecular weight excluding hydrogens is 254 g/mol. The van der Waals surface area contributed by atoms with E-state index in [2.05, 4.69) is 15.5 Å². The zero-order valence-corrected chi connectivity index (χ0v) is 11.7. The second-order valence-corrected chi connectivity index (χ2v) is 4.83. The van der Waals surface area contributed by atoms with E-state index in [0.29, 0.717) is 12.2 Å². The van der Waals surface area contributed by atoms with Gasteiger partial charge in [-0.3, -0.25) is 4.79 Å². The van der Waals surface area contributed by atoms with Crippen molar-refractivity contribution in [2.45, 2.75) is 25.4 Å². The predicted octanol–water partition coefficient (Wildman–Crippen LogP) is 0.562. The van der Waals surface area contributed by atoms with E-state index < -0.39 is 6.04 Å². The molecule has 1 heterocycles. The smallest absolute Gasteiger partial charge is 0.237 e. The number of rotatable bonds is 5. The van der Waals surface area contributed by atoms with E-state index in [9.17, 15) is 4.79 Å². The number of hydrogen-bond acceptors (Lipinski definition) is 4. The molecule has 0 fully saturated rings. The van der Waals surface area contributed by atoms with E-state index in [0.717, 1.165) is 5.56 Å². The van der Waals surface area contributed by atoms with Gasteiger partial charge >= 0.3 is 0 Å². The molecule has 6 heteroatoms. The lowest BCUT2D eigenvalue weighted by molar-refractivity contribution is -0.123. The summed E-state index contributed by atoms with van der Waals surface area (Å²) in [5, 5.41) is 10.6. The van der Waals surface area contributed by atoms with Crippen LogP contribution >= 0.6 is 0 Å². The number of hydrogen-bond donors (Lipinski definition) is 2. The summed E-state index contributed by atoms with van der Waals surface area (Å²) < 4.78 is 1.77. The molecule has 3 N–H and O–H groups in total. The first-order valence-corrected chi connectivity index (χ1v) is 6.51. The van der Waals surface area contributed by atoms with Gasteiger partial charge < -0.3 is 15.6 Å². The maximum Gasteiger partial charge on any atom is 0.237 e. The Morgan fingerprint density at radius 1 is 1.40 bits per heavy atom. The number of benzene rings is 1. The lowest BCUT2D eigenvalue weighted by Gasteiger charge is -2.17. The van der Waals surface area contributed by atoms with Crippen molar-refractivity contribution < 1.29 is 4.79 Å². The maximum atomic E-state index is 12.1. The third-order valence-electron chi connectivity index (χ3n) is 3.13. The number of aryl methyl sites for hydroxylation is 1. The fraction of sp³-hybridized carbons (Fsp3) is 0.357. The Morgan fingerprint density at radius 2 is 2.10 bits per heavy atom. The van der Waals surface area contributed by atoms with E-state index in [4.69, 9.17) is 5.73 Å². The van der Waals surface area contributed by atoms with Crippen LogP contribution in [0.1, 0.15) is 24.4 Å². The molecule has 0 saturated carbocycles. The molecule has 0 saturated heterocycles. The molecule has 1 aromatic heterocycles. The molecular formula is C14H19N5O. The van der Waals surface area contributed by atoms with Gasteiger partial charge in [0.25, 0.3) is 0 Å². The van der Waals surface area contributed by atoms with Crippen LogP contribution in [0.4, 0.5) is 0 Å². The normalized spacial score (nSPS) is 13.8. The SMILES string of the molecule is CC(NC(=O)C(N)Cc1ccccc1)c1nncn1C. The van der Waals surface area contributed by atoms with Crippen LogP contribution in [0, 0.1) is 0 Å². The minimum absolute atomic E-state index is 0.190. The van der Waals surface area contributed by atoms with Crippen LogP contribution in [0.15, 0.2) is 36.7 Å². The first-order chi connectivity index (χ1) is 9.58. The first-order valence-electron chi connectivity index (χ1n) is 6.51. The van der Waals surface area contributed by atoms with E-state index in [1.165, 1.54) is 0 Å². The van der Waals surface area contributed by atoms with E-state index >= 15 is 0 Å². The van der Waals surface area contributed by atoms with Crippen molar-refractivity contribution in [1.82, 2.24) is 20.1 Å². The van der Waals surface area contributed by atoms with Crippen LogP contribution in [-0.4, -0.2) is 26.7 Å². The van der Waals surface area contributed by atoms with Crippen LogP contribution in [0.2, 0.25) is 0 Å². The average molecular weight is 273 g/mol. The fourth-order valence-electron chi connectivity index (χ4n) is 2.03. The highest BCUT2D eigenvalue weighted by molar-refractivity contribution is 5.82. The summed E-state index contributed by atoms with van der Waals surface area (Å²) in [7, 11) is 1.84. The minimum Gasteiger partial charge on any atom is -0.345 e. The van der Waals surface area contributed by atoms with E-state index in [1.807, 2.05) is 44.3 Å². The van der Waals surface area contributed by atoms with Gasteiger partial charge in [-0.2, -0.15) is 0 Å². The van der Waals surface area contributed by atoms with Crippen LogP contribution in [0.5, 0.6) is 0 Å². The molecule has 106 valence electrons. The van der Waals surface area contributed by atoms with Crippen molar-refractivity contribution in [3.63, 3.8) is 0 Å². The minimum atomic E-state index is -0.576. The van der Waals surface area contributed by atoms with Gasteiger partial charge in [-0.15, -0.1) is 10.2 Å². The third kappa shape index (κ3) is 3.42. The van der Waals surface area contributed by atoms with Crippen LogP contribution in [0.25, 0.3) is 0 Å². The van der Waals surface area contributed by atoms with Crippen LogP contribution in [0.3, 0.4) is 0 Å². The Hall–Kier alpha value is -2.21. The molecule has 1 aromatic carbocycles. The molecule has 20 heavy (non-hydrogen) atoms. The Bertz CT molecular complexity index is 566. The number of nitrogens with zero attached hydrogens (tertiary/aromatic N) is 3. The van der Waals surface area contributed by atoms with Crippen molar-refractivity contribution in [3.8, 4) is 0 Å². The van der Waals surface area contributed by atoms with Crippen LogP contribution in [-0.2, 0) is 18.3 Å². The van der Waals surface area contributed by atoms with Gasteiger partial charge in [0, 0.05) is 7.05 Å². The second kappa shape index (κ2) is 6.29. The van der Waals surface area contributed by atoms with Crippen molar-refractivity contribution in [3.05, 3.63) is 48.0 Å². The lowest BCUT2D eigenvalue weighted by atomic mass is 10.1. The van der Waals surface area contributed by atoms with Crippen molar-refractivity contribution in [2.24, 2.45) is 12.8 Å². The molecule has 0 aliphatic rings. The number of aromatic nitrogens is 3. The quantitative estimate of drug-likeness (QED) is 0.833. The van der Waals surface area contributed by atoms with Crippen molar-refractivity contribution in [1.29, 1.82) is 0 Å². The number of carbonyl (C=O) groups excluding carboxylic acids is 1. The number of nitrogens with two attached hydrogens (primary N) is 1. The monoisotopic (exact) mass is 273 g/mol. The summed E-state index contributed by atoms with van der Waals surface area (Å²) in [5.41, 5.74) is 6.98. The first kappa shape index (κ1) is 14.2. The lowest BCUT2D eigenvalue weighted by Crippen LogP contribution is -2.43. The second-order valence-electron chi connectivity index (χ2n) is 4.83. The number of nitrogens with one attached hydrogen (secondary N) is 1. The van der Waals surface area contributed by atoms with Crippen LogP contribution < -0.4 is 11.1 Å². The standard InChI is InChI=1S/C14H19N5O/c1-10(13-18-16-9-19(13)2)17-14(20)12(15)8-11-6-4-3-5-7-11/h3-7,9-10,12H,8,15H2,1-2H3,(H,17,20). The zero-order valence-electron chi connectivity index (χ0n) is 11.7. The van der Waals surface area contributed by atoms with E-state index in [-0.39, 0.29) is 11.9 Å².